The van der Waals surface area contributed by atoms with Crippen LogP contribution in [0, 0.1) is 0 Å². The van der Waals surface area contributed by atoms with Crippen LogP contribution in [0.4, 0.5) is 11.4 Å². The van der Waals surface area contributed by atoms with Gasteiger partial charge in [0.05, 0.1) is 0 Å². The Morgan fingerprint density at radius 3 is 1.18 bits per heavy atom. The first-order valence-electron chi connectivity index (χ1n) is 12.9. The van der Waals surface area contributed by atoms with E-state index in [9.17, 15) is 9.59 Å². The van der Waals surface area contributed by atoms with E-state index in [2.05, 4.69) is 24.5 Å². The molecule has 0 spiro atoms. The molecule has 0 bridgehead atoms. The van der Waals surface area contributed by atoms with Gasteiger partial charge >= 0.3 is 0 Å². The van der Waals surface area contributed by atoms with Crippen LogP contribution in [0.5, 0.6) is 23.0 Å². The van der Waals surface area contributed by atoms with Crippen molar-refractivity contribution in [3.63, 3.8) is 0 Å². The molecule has 7 heteroatoms. The Hall–Kier alpha value is -4.78. The maximum atomic E-state index is 12.2. The first-order chi connectivity index (χ1) is 19.0. The molecular formula is C32H32N2O5. The van der Waals surface area contributed by atoms with Gasteiger partial charge in [0.15, 0.2) is 13.2 Å². The normalized spacial score (nSPS) is 10.4. The summed E-state index contributed by atoms with van der Waals surface area (Å²) in [6.07, 6.45) is 1.91. The van der Waals surface area contributed by atoms with Crippen LogP contribution in [0.2, 0.25) is 0 Å². The topological polar surface area (TPSA) is 85.9 Å². The molecule has 4 aromatic carbocycles. The fraction of sp³-hybridized carbons (Fsp3) is 0.188. The number of benzene rings is 4. The Balaban J connectivity index is 1.20. The molecule has 0 aliphatic rings. The van der Waals surface area contributed by atoms with Crippen molar-refractivity contribution in [2.45, 2.75) is 26.7 Å². The first kappa shape index (κ1) is 27.3. The van der Waals surface area contributed by atoms with E-state index in [1.165, 1.54) is 11.1 Å². The molecule has 0 saturated carbocycles. The van der Waals surface area contributed by atoms with Crippen LogP contribution in [-0.2, 0) is 22.4 Å². The van der Waals surface area contributed by atoms with Gasteiger partial charge in [0, 0.05) is 11.4 Å². The lowest BCUT2D eigenvalue weighted by Crippen LogP contribution is -2.20. The molecule has 0 heterocycles. The van der Waals surface area contributed by atoms with Crippen LogP contribution in [0.3, 0.4) is 0 Å². The molecule has 0 saturated heterocycles. The van der Waals surface area contributed by atoms with Gasteiger partial charge in [-0.3, -0.25) is 9.59 Å². The average Bonchev–Trinajstić information content (AvgIpc) is 2.97. The number of nitrogens with one attached hydrogen (secondary N) is 2. The lowest BCUT2D eigenvalue weighted by molar-refractivity contribution is -0.118. The Labute approximate surface area is 228 Å². The molecule has 0 radical (unpaired) electrons. The fourth-order valence-corrected chi connectivity index (χ4v) is 3.68. The molecule has 2 amide bonds. The van der Waals surface area contributed by atoms with E-state index < -0.39 is 0 Å². The zero-order valence-corrected chi connectivity index (χ0v) is 22.1. The molecule has 39 heavy (non-hydrogen) atoms. The number of aryl methyl sites for hydroxylation is 2. The Bertz CT molecular complexity index is 1240. The van der Waals surface area contributed by atoms with Gasteiger partial charge in [-0.25, -0.2) is 0 Å². The predicted octanol–water partition coefficient (Wildman–Crippen LogP) is 6.64. The van der Waals surface area contributed by atoms with Crippen LogP contribution >= 0.6 is 0 Å². The smallest absolute Gasteiger partial charge is 0.262 e. The second-order valence-corrected chi connectivity index (χ2v) is 8.82. The highest BCUT2D eigenvalue weighted by atomic mass is 16.5. The second-order valence-electron chi connectivity index (χ2n) is 8.82. The summed E-state index contributed by atoms with van der Waals surface area (Å²) < 4.78 is 17.0. The van der Waals surface area contributed by atoms with Crippen LogP contribution in [-0.4, -0.2) is 25.0 Å². The molecule has 0 unspecified atom stereocenters. The molecular weight excluding hydrogens is 492 g/mol. The fourth-order valence-electron chi connectivity index (χ4n) is 3.68. The lowest BCUT2D eigenvalue weighted by atomic mass is 10.2. The van der Waals surface area contributed by atoms with Crippen molar-refractivity contribution in [1.82, 2.24) is 0 Å². The van der Waals surface area contributed by atoms with Gasteiger partial charge in [0.25, 0.3) is 11.8 Å². The van der Waals surface area contributed by atoms with Crippen molar-refractivity contribution in [3.05, 3.63) is 108 Å². The Morgan fingerprint density at radius 2 is 0.846 bits per heavy atom. The quantitative estimate of drug-likeness (QED) is 0.217. The predicted molar refractivity (Wildman–Crippen MR) is 153 cm³/mol. The van der Waals surface area contributed by atoms with Crippen LogP contribution < -0.4 is 24.8 Å². The molecule has 0 aliphatic heterocycles. The standard InChI is InChI=1S/C32H32N2O5/c1-3-23-5-13-27(14-6-23)37-21-31(35)33-25-9-17-29(18-10-25)39-30-19-11-26(12-20-30)34-32(36)22-38-28-15-7-24(4-2)8-16-28/h5-20H,3-4,21-22H2,1-2H3,(H,33,35)(H,34,36). The summed E-state index contributed by atoms with van der Waals surface area (Å²) in [7, 11) is 0. The highest BCUT2D eigenvalue weighted by molar-refractivity contribution is 5.92. The number of carbonyl (C=O) groups excluding carboxylic acids is 2. The van der Waals surface area contributed by atoms with Crippen molar-refractivity contribution in [3.8, 4) is 23.0 Å². The summed E-state index contributed by atoms with van der Waals surface area (Å²) in [4.78, 5) is 24.4. The zero-order valence-electron chi connectivity index (χ0n) is 22.1. The third-order valence-electron chi connectivity index (χ3n) is 5.91. The van der Waals surface area contributed by atoms with E-state index in [0.29, 0.717) is 34.4 Å². The van der Waals surface area contributed by atoms with E-state index in [-0.39, 0.29) is 25.0 Å². The Kier molecular flexibility index (Phi) is 9.56. The van der Waals surface area contributed by atoms with Crippen molar-refractivity contribution in [1.29, 1.82) is 0 Å². The first-order valence-corrected chi connectivity index (χ1v) is 12.9. The molecule has 4 rings (SSSR count). The zero-order chi connectivity index (χ0) is 27.5. The molecule has 0 aromatic heterocycles. The summed E-state index contributed by atoms with van der Waals surface area (Å²) in [5.41, 5.74) is 3.70. The molecule has 0 aliphatic carbocycles. The molecule has 4 aromatic rings. The van der Waals surface area contributed by atoms with Crippen molar-refractivity contribution >= 4 is 23.2 Å². The van der Waals surface area contributed by atoms with Gasteiger partial charge in [0.1, 0.15) is 23.0 Å². The number of carbonyl (C=O) groups is 2. The van der Waals surface area contributed by atoms with Gasteiger partial charge in [0.2, 0.25) is 0 Å². The SMILES string of the molecule is CCc1ccc(OCC(=O)Nc2ccc(Oc3ccc(NC(=O)COc4ccc(CC)cc4)cc3)cc2)cc1. The van der Waals surface area contributed by atoms with Crippen molar-refractivity contribution in [2.24, 2.45) is 0 Å². The minimum absolute atomic E-state index is 0.0786. The molecule has 0 fully saturated rings. The number of hydrogen-bond donors (Lipinski definition) is 2. The maximum Gasteiger partial charge on any atom is 0.262 e. The van der Waals surface area contributed by atoms with Gasteiger partial charge in [-0.2, -0.15) is 0 Å². The van der Waals surface area contributed by atoms with E-state index in [0.717, 1.165) is 12.8 Å². The number of anilines is 2. The molecule has 200 valence electrons. The summed E-state index contributed by atoms with van der Waals surface area (Å²) in [5, 5.41) is 5.61. The van der Waals surface area contributed by atoms with Crippen molar-refractivity contribution in [2.75, 3.05) is 23.8 Å². The molecule has 7 nitrogen and oxygen atoms in total. The van der Waals surface area contributed by atoms with E-state index in [1.54, 1.807) is 48.5 Å². The summed E-state index contributed by atoms with van der Waals surface area (Å²) in [6.45, 7) is 4.02. The third-order valence-corrected chi connectivity index (χ3v) is 5.91. The van der Waals surface area contributed by atoms with Crippen LogP contribution in [0.25, 0.3) is 0 Å². The van der Waals surface area contributed by atoms with E-state index in [4.69, 9.17) is 14.2 Å². The summed E-state index contributed by atoms with van der Waals surface area (Å²) >= 11 is 0. The third kappa shape index (κ3) is 8.64. The number of rotatable bonds is 12. The Morgan fingerprint density at radius 1 is 0.513 bits per heavy atom. The van der Waals surface area contributed by atoms with E-state index >= 15 is 0 Å². The highest BCUT2D eigenvalue weighted by Crippen LogP contribution is 2.24. The van der Waals surface area contributed by atoms with Crippen LogP contribution in [0.1, 0.15) is 25.0 Å². The average molecular weight is 525 g/mol. The monoisotopic (exact) mass is 524 g/mol. The number of amides is 2. The summed E-state index contributed by atoms with van der Waals surface area (Å²) in [5.74, 6) is 2.03. The van der Waals surface area contributed by atoms with E-state index in [1.807, 2.05) is 48.5 Å². The minimum Gasteiger partial charge on any atom is -0.484 e. The second kappa shape index (κ2) is 13.7. The number of ether oxygens (including phenoxy) is 3. The van der Waals surface area contributed by atoms with Crippen LogP contribution in [0.15, 0.2) is 97.1 Å². The molecule has 2 N–H and O–H groups in total. The molecule has 0 atom stereocenters. The number of hydrogen-bond acceptors (Lipinski definition) is 5. The largest absolute Gasteiger partial charge is 0.484 e. The maximum absolute atomic E-state index is 12.2. The van der Waals surface area contributed by atoms with Gasteiger partial charge in [-0.1, -0.05) is 38.1 Å². The lowest BCUT2D eigenvalue weighted by Gasteiger charge is -2.10. The van der Waals surface area contributed by atoms with Gasteiger partial charge in [-0.05, 0) is 96.8 Å². The van der Waals surface area contributed by atoms with Gasteiger partial charge < -0.3 is 24.8 Å². The van der Waals surface area contributed by atoms with Gasteiger partial charge in [-0.15, -0.1) is 0 Å². The minimum atomic E-state index is -0.249. The summed E-state index contributed by atoms with van der Waals surface area (Å²) in [6, 6.07) is 29.5. The highest BCUT2D eigenvalue weighted by Gasteiger charge is 2.07. The van der Waals surface area contributed by atoms with Crippen molar-refractivity contribution < 1.29 is 23.8 Å².